The van der Waals surface area contributed by atoms with Crippen LogP contribution in [0.5, 0.6) is 0 Å². The van der Waals surface area contributed by atoms with Crippen LogP contribution in [0.2, 0.25) is 0 Å². The Kier molecular flexibility index (Phi) is 4.65. The number of nitrogens with two attached hydrogens (primary N) is 1. The Morgan fingerprint density at radius 3 is 2.90 bits per heavy atom. The molecule has 1 aromatic rings. The van der Waals surface area contributed by atoms with E-state index in [0.29, 0.717) is 0 Å². The Labute approximate surface area is 131 Å². The van der Waals surface area contributed by atoms with Crippen molar-refractivity contribution in [1.82, 2.24) is 4.90 Å². The third kappa shape index (κ3) is 3.16. The first-order valence-corrected chi connectivity index (χ1v) is 9.16. The SMILES string of the molecule is CC(N)C1CCCCN1C(=O)c1cc2c(s1)CCCCC2. The maximum atomic E-state index is 12.9. The molecule has 2 N–H and O–H groups in total. The summed E-state index contributed by atoms with van der Waals surface area (Å²) in [7, 11) is 0. The summed E-state index contributed by atoms with van der Waals surface area (Å²) in [6.07, 6.45) is 9.52. The van der Waals surface area contributed by atoms with Crippen LogP contribution in [0.25, 0.3) is 0 Å². The molecule has 4 heteroatoms. The predicted molar refractivity (Wildman–Crippen MR) is 87.9 cm³/mol. The largest absolute Gasteiger partial charge is 0.333 e. The summed E-state index contributed by atoms with van der Waals surface area (Å²) >= 11 is 1.73. The Bertz CT molecular complexity index is 485. The van der Waals surface area contributed by atoms with Crippen LogP contribution in [0, 0.1) is 0 Å². The minimum atomic E-state index is 0.0621. The van der Waals surface area contributed by atoms with E-state index in [4.69, 9.17) is 5.73 Å². The number of piperidine rings is 1. The molecule has 1 aromatic heterocycles. The van der Waals surface area contributed by atoms with Gasteiger partial charge in [-0.3, -0.25) is 4.79 Å². The molecular weight excluding hydrogens is 280 g/mol. The fourth-order valence-electron chi connectivity index (χ4n) is 3.67. The second-order valence-electron chi connectivity index (χ2n) is 6.54. The van der Waals surface area contributed by atoms with Crippen molar-refractivity contribution in [2.75, 3.05) is 6.54 Å². The number of amides is 1. The van der Waals surface area contributed by atoms with Gasteiger partial charge >= 0.3 is 0 Å². The number of rotatable bonds is 2. The molecular formula is C17H26N2OS. The van der Waals surface area contributed by atoms with Gasteiger partial charge in [-0.05, 0) is 63.5 Å². The van der Waals surface area contributed by atoms with Crippen molar-refractivity contribution in [3.05, 3.63) is 21.4 Å². The zero-order valence-electron chi connectivity index (χ0n) is 12.9. The first-order valence-electron chi connectivity index (χ1n) is 8.35. The number of hydrogen-bond donors (Lipinski definition) is 1. The van der Waals surface area contributed by atoms with Crippen LogP contribution in [-0.4, -0.2) is 29.4 Å². The molecule has 1 aliphatic carbocycles. The van der Waals surface area contributed by atoms with Gasteiger partial charge in [0.15, 0.2) is 0 Å². The molecule has 1 fully saturated rings. The number of aryl methyl sites for hydroxylation is 2. The molecule has 2 heterocycles. The molecule has 1 saturated heterocycles. The minimum Gasteiger partial charge on any atom is -0.333 e. The van der Waals surface area contributed by atoms with Crippen molar-refractivity contribution in [1.29, 1.82) is 0 Å². The van der Waals surface area contributed by atoms with Crippen LogP contribution in [-0.2, 0) is 12.8 Å². The number of nitrogens with zero attached hydrogens (tertiary/aromatic N) is 1. The summed E-state index contributed by atoms with van der Waals surface area (Å²) in [5, 5.41) is 0. The number of carbonyl (C=O) groups is 1. The van der Waals surface area contributed by atoms with Gasteiger partial charge in [0.05, 0.1) is 4.88 Å². The summed E-state index contributed by atoms with van der Waals surface area (Å²) in [6.45, 7) is 2.90. The third-order valence-electron chi connectivity index (χ3n) is 4.87. The Balaban J connectivity index is 1.80. The number of likely N-dealkylation sites (tertiary alicyclic amines) is 1. The van der Waals surface area contributed by atoms with Gasteiger partial charge in [-0.1, -0.05) is 6.42 Å². The van der Waals surface area contributed by atoms with E-state index in [-0.39, 0.29) is 18.0 Å². The summed E-state index contributed by atoms with van der Waals surface area (Å²) in [5.74, 6) is 0.218. The molecule has 0 aromatic carbocycles. The number of hydrogen-bond acceptors (Lipinski definition) is 3. The average molecular weight is 306 g/mol. The molecule has 2 unspecified atom stereocenters. The number of thiophene rings is 1. The molecule has 3 nitrogen and oxygen atoms in total. The van der Waals surface area contributed by atoms with Gasteiger partial charge in [-0.25, -0.2) is 0 Å². The topological polar surface area (TPSA) is 46.3 Å². The highest BCUT2D eigenvalue weighted by molar-refractivity contribution is 7.14. The molecule has 0 radical (unpaired) electrons. The summed E-state index contributed by atoms with van der Waals surface area (Å²) in [5.41, 5.74) is 7.53. The lowest BCUT2D eigenvalue weighted by Gasteiger charge is -2.37. The summed E-state index contributed by atoms with van der Waals surface area (Å²) < 4.78 is 0. The zero-order valence-corrected chi connectivity index (χ0v) is 13.8. The molecule has 116 valence electrons. The van der Waals surface area contributed by atoms with E-state index in [1.807, 2.05) is 11.8 Å². The lowest BCUT2D eigenvalue weighted by molar-refractivity contribution is 0.0589. The highest BCUT2D eigenvalue weighted by Gasteiger charge is 2.31. The van der Waals surface area contributed by atoms with E-state index in [2.05, 4.69) is 6.07 Å². The molecule has 0 spiro atoms. The Morgan fingerprint density at radius 2 is 2.10 bits per heavy atom. The molecule has 0 bridgehead atoms. The fraction of sp³-hybridized carbons (Fsp3) is 0.706. The van der Waals surface area contributed by atoms with E-state index in [1.54, 1.807) is 11.3 Å². The van der Waals surface area contributed by atoms with Crippen molar-refractivity contribution < 1.29 is 4.79 Å². The van der Waals surface area contributed by atoms with Gasteiger partial charge in [0.1, 0.15) is 0 Å². The van der Waals surface area contributed by atoms with Gasteiger partial charge in [-0.2, -0.15) is 0 Å². The van der Waals surface area contributed by atoms with Crippen LogP contribution in [0.15, 0.2) is 6.07 Å². The van der Waals surface area contributed by atoms with Gasteiger partial charge < -0.3 is 10.6 Å². The Morgan fingerprint density at radius 1 is 1.29 bits per heavy atom. The highest BCUT2D eigenvalue weighted by Crippen LogP contribution is 2.31. The number of fused-ring (bicyclic) bond motifs is 1. The second kappa shape index (κ2) is 6.49. The van der Waals surface area contributed by atoms with Crippen LogP contribution < -0.4 is 5.73 Å². The van der Waals surface area contributed by atoms with Crippen LogP contribution in [0.3, 0.4) is 0 Å². The van der Waals surface area contributed by atoms with Crippen LogP contribution in [0.1, 0.15) is 65.6 Å². The normalized spacial score (nSPS) is 24.3. The second-order valence-corrected chi connectivity index (χ2v) is 7.68. The van der Waals surface area contributed by atoms with Gasteiger partial charge in [0.2, 0.25) is 0 Å². The summed E-state index contributed by atoms with van der Waals surface area (Å²) in [4.78, 5) is 17.3. The molecule has 1 aliphatic heterocycles. The zero-order chi connectivity index (χ0) is 14.8. The lowest BCUT2D eigenvalue weighted by atomic mass is 9.96. The smallest absolute Gasteiger partial charge is 0.264 e. The van der Waals surface area contributed by atoms with Crippen LogP contribution in [0.4, 0.5) is 0 Å². The predicted octanol–water partition coefficient (Wildman–Crippen LogP) is 3.36. The van der Waals surface area contributed by atoms with Gasteiger partial charge in [0.25, 0.3) is 5.91 Å². The quantitative estimate of drug-likeness (QED) is 0.852. The summed E-state index contributed by atoms with van der Waals surface area (Å²) in [6, 6.07) is 2.45. The van der Waals surface area contributed by atoms with Crippen molar-refractivity contribution in [3.8, 4) is 0 Å². The lowest BCUT2D eigenvalue weighted by Crippen LogP contribution is -2.51. The maximum Gasteiger partial charge on any atom is 0.264 e. The molecule has 21 heavy (non-hydrogen) atoms. The third-order valence-corrected chi connectivity index (χ3v) is 6.10. The minimum absolute atomic E-state index is 0.0621. The molecule has 2 atom stereocenters. The van der Waals surface area contributed by atoms with Crippen molar-refractivity contribution in [2.45, 2.75) is 70.4 Å². The fourth-order valence-corrected chi connectivity index (χ4v) is 4.88. The average Bonchev–Trinajstić information content (AvgIpc) is 2.77. The van der Waals surface area contributed by atoms with Crippen molar-refractivity contribution >= 4 is 17.2 Å². The molecule has 2 aliphatic rings. The first-order chi connectivity index (χ1) is 10.2. The maximum absolute atomic E-state index is 12.9. The Hall–Kier alpha value is -0.870. The molecule has 3 rings (SSSR count). The van der Waals surface area contributed by atoms with E-state index >= 15 is 0 Å². The van der Waals surface area contributed by atoms with Crippen molar-refractivity contribution in [3.63, 3.8) is 0 Å². The van der Waals surface area contributed by atoms with Gasteiger partial charge in [-0.15, -0.1) is 11.3 Å². The van der Waals surface area contributed by atoms with E-state index in [0.717, 1.165) is 37.1 Å². The molecule has 1 amide bonds. The van der Waals surface area contributed by atoms with E-state index in [9.17, 15) is 4.79 Å². The van der Waals surface area contributed by atoms with Gasteiger partial charge in [0, 0.05) is 23.5 Å². The standard InChI is InChI=1S/C17H26N2OS/c1-12(18)14-8-5-6-10-19(14)17(20)16-11-13-7-3-2-4-9-15(13)21-16/h11-12,14H,2-10,18H2,1H3. The molecule has 0 saturated carbocycles. The number of carbonyl (C=O) groups excluding carboxylic acids is 1. The van der Waals surface area contributed by atoms with Crippen LogP contribution >= 0.6 is 11.3 Å². The van der Waals surface area contributed by atoms with E-state index < -0.39 is 0 Å². The monoisotopic (exact) mass is 306 g/mol. The van der Waals surface area contributed by atoms with Crippen molar-refractivity contribution in [2.24, 2.45) is 5.73 Å². The van der Waals surface area contributed by atoms with E-state index in [1.165, 1.54) is 36.1 Å². The highest BCUT2D eigenvalue weighted by atomic mass is 32.1. The first kappa shape index (κ1) is 15.0.